The van der Waals surface area contributed by atoms with Gasteiger partial charge in [0.05, 0.1) is 11.0 Å². The summed E-state index contributed by atoms with van der Waals surface area (Å²) in [7, 11) is 0. The Labute approximate surface area is 112 Å². The summed E-state index contributed by atoms with van der Waals surface area (Å²) in [5.74, 6) is -1.30. The van der Waals surface area contributed by atoms with Crippen LogP contribution in [-0.2, 0) is 0 Å². The zero-order valence-corrected chi connectivity index (χ0v) is 10.2. The van der Waals surface area contributed by atoms with E-state index in [2.05, 4.69) is 15.0 Å². The number of fused-ring (bicyclic) bond motifs is 1. The highest BCUT2D eigenvalue weighted by atomic mass is 16.2. The number of rotatable bonds is 3. The second-order valence-corrected chi connectivity index (χ2v) is 4.12. The van der Waals surface area contributed by atoms with Crippen LogP contribution >= 0.6 is 0 Å². The van der Waals surface area contributed by atoms with Gasteiger partial charge in [0.25, 0.3) is 11.8 Å². The highest BCUT2D eigenvalue weighted by Crippen LogP contribution is 2.16. The number of carbonyl (C=O) groups is 2. The second-order valence-electron chi connectivity index (χ2n) is 4.12. The molecule has 100 valence electrons. The Morgan fingerprint density at radius 3 is 2.55 bits per heavy atom. The Bertz CT molecular complexity index is 798. The maximum absolute atomic E-state index is 11.5. The average molecular weight is 270 g/mol. The van der Waals surface area contributed by atoms with Crippen LogP contribution in [-0.4, -0.2) is 31.3 Å². The summed E-state index contributed by atoms with van der Waals surface area (Å²) in [6.07, 6.45) is 1.28. The van der Waals surface area contributed by atoms with Gasteiger partial charge in [0.15, 0.2) is 5.69 Å². The summed E-state index contributed by atoms with van der Waals surface area (Å²) in [4.78, 5) is 33.9. The molecule has 0 aliphatic carbocycles. The molecule has 0 radical (unpaired) electrons. The van der Waals surface area contributed by atoms with Gasteiger partial charge >= 0.3 is 0 Å². The topological polar surface area (TPSA) is 133 Å². The smallest absolute Gasteiger partial charge is 0.269 e. The number of aromatic nitrogens is 4. The molecule has 0 aliphatic heterocycles. The van der Waals surface area contributed by atoms with Gasteiger partial charge in [-0.25, -0.2) is 9.97 Å². The molecule has 1 aromatic carbocycles. The van der Waals surface area contributed by atoms with Crippen LogP contribution in [0.25, 0.3) is 17.0 Å². The van der Waals surface area contributed by atoms with E-state index < -0.39 is 11.8 Å². The summed E-state index contributed by atoms with van der Waals surface area (Å²) in [6.45, 7) is 0. The van der Waals surface area contributed by atoms with Crippen molar-refractivity contribution in [2.75, 3.05) is 0 Å². The lowest BCUT2D eigenvalue weighted by Crippen LogP contribution is -2.23. The number of primary amides is 2. The Morgan fingerprint density at radius 1 is 1.15 bits per heavy atom. The molecular formula is C12H10N6O2. The Morgan fingerprint density at radius 2 is 1.90 bits per heavy atom. The molecule has 20 heavy (non-hydrogen) atoms. The minimum absolute atomic E-state index is 0.100. The summed E-state index contributed by atoms with van der Waals surface area (Å²) in [5.41, 5.74) is 11.7. The number of H-pyrrole nitrogens is 1. The predicted molar refractivity (Wildman–Crippen MR) is 70.3 cm³/mol. The molecule has 2 aromatic heterocycles. The second kappa shape index (κ2) is 4.19. The van der Waals surface area contributed by atoms with Crippen LogP contribution in [0.3, 0.4) is 0 Å². The van der Waals surface area contributed by atoms with Crippen molar-refractivity contribution in [1.29, 1.82) is 0 Å². The van der Waals surface area contributed by atoms with Crippen LogP contribution in [0.2, 0.25) is 0 Å². The van der Waals surface area contributed by atoms with Crippen molar-refractivity contribution in [3.63, 3.8) is 0 Å². The lowest BCUT2D eigenvalue weighted by atomic mass is 10.3. The summed E-state index contributed by atoms with van der Waals surface area (Å²) >= 11 is 0. The molecule has 0 fully saturated rings. The third-order valence-corrected chi connectivity index (χ3v) is 2.84. The predicted octanol–water partition coefficient (Wildman–Crippen LogP) is -0.0536. The minimum Gasteiger partial charge on any atom is -0.364 e. The van der Waals surface area contributed by atoms with E-state index in [0.29, 0.717) is 11.5 Å². The van der Waals surface area contributed by atoms with Crippen LogP contribution in [0.1, 0.15) is 21.0 Å². The quantitative estimate of drug-likeness (QED) is 0.615. The normalized spacial score (nSPS) is 10.8. The van der Waals surface area contributed by atoms with Crippen molar-refractivity contribution in [2.24, 2.45) is 11.5 Å². The van der Waals surface area contributed by atoms with Gasteiger partial charge in [0.1, 0.15) is 12.0 Å². The first kappa shape index (κ1) is 11.9. The molecule has 0 saturated carbocycles. The van der Waals surface area contributed by atoms with E-state index in [4.69, 9.17) is 11.5 Å². The van der Waals surface area contributed by atoms with Gasteiger partial charge in [0.2, 0.25) is 5.95 Å². The first-order valence-electron chi connectivity index (χ1n) is 5.70. The van der Waals surface area contributed by atoms with E-state index in [-0.39, 0.29) is 11.4 Å². The van der Waals surface area contributed by atoms with Crippen LogP contribution in [0.4, 0.5) is 0 Å². The van der Waals surface area contributed by atoms with E-state index in [9.17, 15) is 9.59 Å². The fraction of sp³-hybridized carbons (Fsp3) is 0. The number of nitrogens with two attached hydrogens (primary N) is 2. The molecule has 3 aromatic rings. The SMILES string of the molecule is NC(=O)c1ncn(-c2nc3ccccc3[nH]2)c1C(N)=O. The average Bonchev–Trinajstić information content (AvgIpc) is 3.02. The van der Waals surface area contributed by atoms with E-state index >= 15 is 0 Å². The molecule has 0 spiro atoms. The third kappa shape index (κ3) is 1.70. The number of para-hydroxylation sites is 2. The highest BCUT2D eigenvalue weighted by Gasteiger charge is 2.22. The molecule has 0 bridgehead atoms. The van der Waals surface area contributed by atoms with Crippen molar-refractivity contribution in [3.05, 3.63) is 42.0 Å². The number of nitrogens with one attached hydrogen (secondary N) is 1. The molecule has 0 aliphatic rings. The molecule has 8 heteroatoms. The largest absolute Gasteiger partial charge is 0.364 e. The summed E-state index contributed by atoms with van der Waals surface area (Å²) in [6, 6.07) is 7.33. The van der Waals surface area contributed by atoms with Gasteiger partial charge in [-0.1, -0.05) is 12.1 Å². The molecule has 0 unspecified atom stereocenters. The maximum Gasteiger partial charge on any atom is 0.269 e. The van der Waals surface area contributed by atoms with Crippen LogP contribution in [0.5, 0.6) is 0 Å². The summed E-state index contributed by atoms with van der Waals surface area (Å²) in [5, 5.41) is 0. The summed E-state index contributed by atoms with van der Waals surface area (Å²) < 4.78 is 1.31. The number of aromatic amines is 1. The van der Waals surface area contributed by atoms with Gasteiger partial charge in [-0.05, 0) is 12.1 Å². The van der Waals surface area contributed by atoms with Crippen molar-refractivity contribution in [1.82, 2.24) is 19.5 Å². The van der Waals surface area contributed by atoms with Gasteiger partial charge in [-0.15, -0.1) is 0 Å². The molecule has 2 heterocycles. The maximum atomic E-state index is 11.5. The van der Waals surface area contributed by atoms with Crippen molar-refractivity contribution in [2.45, 2.75) is 0 Å². The molecule has 8 nitrogen and oxygen atoms in total. The number of carbonyl (C=O) groups excluding carboxylic acids is 2. The number of hydrogen-bond acceptors (Lipinski definition) is 4. The van der Waals surface area contributed by atoms with Gasteiger partial charge < -0.3 is 16.5 Å². The van der Waals surface area contributed by atoms with Crippen molar-refractivity contribution in [3.8, 4) is 5.95 Å². The molecule has 5 N–H and O–H groups in total. The number of hydrogen-bond donors (Lipinski definition) is 3. The number of benzene rings is 1. The minimum atomic E-state index is -0.825. The van der Waals surface area contributed by atoms with Crippen LogP contribution < -0.4 is 11.5 Å². The fourth-order valence-electron chi connectivity index (χ4n) is 1.98. The van der Waals surface area contributed by atoms with Gasteiger partial charge in [-0.3, -0.25) is 14.2 Å². The lowest BCUT2D eigenvalue weighted by Gasteiger charge is -2.01. The van der Waals surface area contributed by atoms with Crippen molar-refractivity contribution < 1.29 is 9.59 Å². The van der Waals surface area contributed by atoms with E-state index in [1.54, 1.807) is 0 Å². The molecule has 0 saturated heterocycles. The van der Waals surface area contributed by atoms with E-state index in [1.165, 1.54) is 10.9 Å². The fourth-order valence-corrected chi connectivity index (χ4v) is 1.98. The molecule has 2 amide bonds. The van der Waals surface area contributed by atoms with Crippen molar-refractivity contribution >= 4 is 22.8 Å². The van der Waals surface area contributed by atoms with Gasteiger partial charge in [-0.2, -0.15) is 0 Å². The molecule has 0 atom stereocenters. The molecular weight excluding hydrogens is 260 g/mol. The third-order valence-electron chi connectivity index (χ3n) is 2.84. The Balaban J connectivity index is 2.23. The Kier molecular flexibility index (Phi) is 2.50. The van der Waals surface area contributed by atoms with Crippen LogP contribution in [0, 0.1) is 0 Å². The number of nitrogens with zero attached hydrogens (tertiary/aromatic N) is 3. The zero-order chi connectivity index (χ0) is 14.3. The first-order valence-corrected chi connectivity index (χ1v) is 5.70. The number of amides is 2. The molecule has 3 rings (SSSR count). The first-order chi connectivity index (χ1) is 9.58. The van der Waals surface area contributed by atoms with Crippen LogP contribution in [0.15, 0.2) is 30.6 Å². The Hall–Kier alpha value is -3.16. The number of imidazole rings is 2. The lowest BCUT2D eigenvalue weighted by molar-refractivity contribution is 0.0960. The van der Waals surface area contributed by atoms with E-state index in [0.717, 1.165) is 5.52 Å². The zero-order valence-electron chi connectivity index (χ0n) is 10.2. The van der Waals surface area contributed by atoms with E-state index in [1.807, 2.05) is 24.3 Å². The van der Waals surface area contributed by atoms with Gasteiger partial charge in [0, 0.05) is 0 Å². The highest BCUT2D eigenvalue weighted by molar-refractivity contribution is 6.04. The standard InChI is InChI=1S/C12H10N6O2/c13-10(19)8-9(11(14)20)18(5-15-8)12-16-6-3-1-2-4-7(6)17-12/h1-5H,(H2,13,19)(H2,14,20)(H,16,17). The monoisotopic (exact) mass is 270 g/mol.